The molecule has 1 fully saturated rings. The van der Waals surface area contributed by atoms with Crippen LogP contribution in [0.15, 0.2) is 29.2 Å². The van der Waals surface area contributed by atoms with Crippen LogP contribution < -0.4 is 10.0 Å². The van der Waals surface area contributed by atoms with Gasteiger partial charge >= 0.3 is 6.18 Å². The summed E-state index contributed by atoms with van der Waals surface area (Å²) in [4.78, 5) is 12.2. The van der Waals surface area contributed by atoms with E-state index in [9.17, 15) is 26.4 Å². The second-order valence-electron chi connectivity index (χ2n) is 6.04. The lowest BCUT2D eigenvalue weighted by molar-refractivity contribution is -0.187. The molecule has 25 heavy (non-hydrogen) atoms. The minimum atomic E-state index is -4.37. The van der Waals surface area contributed by atoms with Gasteiger partial charge in [0.15, 0.2) is 0 Å². The van der Waals surface area contributed by atoms with Gasteiger partial charge in [0.1, 0.15) is 0 Å². The van der Waals surface area contributed by atoms with Gasteiger partial charge in [0.2, 0.25) is 10.0 Å². The molecule has 0 spiro atoms. The van der Waals surface area contributed by atoms with Gasteiger partial charge in [-0.3, -0.25) is 4.79 Å². The average Bonchev–Trinajstić information content (AvgIpc) is 2.54. The monoisotopic (exact) mass is 378 g/mol. The van der Waals surface area contributed by atoms with Gasteiger partial charge in [-0.05, 0) is 31.0 Å². The first kappa shape index (κ1) is 19.7. The number of carbonyl (C=O) groups is 1. The standard InChI is InChI=1S/C16H21F3N2O3S/c1-2-20-25(23,24)12-7-5-6-11(10-12)15(22)21-14-9-4-3-8-13(14)16(17,18)19/h5-7,10,13-14,20H,2-4,8-9H2,1H3,(H,21,22). The Kier molecular flexibility index (Phi) is 6.10. The highest BCUT2D eigenvalue weighted by molar-refractivity contribution is 7.89. The zero-order chi connectivity index (χ0) is 18.7. The van der Waals surface area contributed by atoms with Gasteiger partial charge in [-0.25, -0.2) is 13.1 Å². The molecular weight excluding hydrogens is 357 g/mol. The van der Waals surface area contributed by atoms with Crippen molar-refractivity contribution in [3.63, 3.8) is 0 Å². The molecule has 1 amide bonds. The number of halogens is 3. The Labute approximate surface area is 145 Å². The van der Waals surface area contributed by atoms with Crippen molar-refractivity contribution >= 4 is 15.9 Å². The van der Waals surface area contributed by atoms with Gasteiger partial charge in [0.25, 0.3) is 5.91 Å². The second kappa shape index (κ2) is 7.74. The third-order valence-electron chi connectivity index (χ3n) is 4.24. The van der Waals surface area contributed by atoms with Crippen LogP contribution in [-0.2, 0) is 10.0 Å². The van der Waals surface area contributed by atoms with Crippen LogP contribution in [0.1, 0.15) is 43.0 Å². The maximum atomic E-state index is 13.1. The predicted octanol–water partition coefficient (Wildman–Crippen LogP) is 2.84. The highest BCUT2D eigenvalue weighted by atomic mass is 32.2. The number of rotatable bonds is 5. The molecule has 0 bridgehead atoms. The van der Waals surface area contributed by atoms with Crippen LogP contribution in [0.2, 0.25) is 0 Å². The van der Waals surface area contributed by atoms with Crippen LogP contribution in [-0.4, -0.2) is 33.1 Å². The summed E-state index contributed by atoms with van der Waals surface area (Å²) in [5.41, 5.74) is 0.0190. The van der Waals surface area contributed by atoms with E-state index in [4.69, 9.17) is 0 Å². The summed E-state index contributed by atoms with van der Waals surface area (Å²) in [6, 6.07) is 4.27. The van der Waals surface area contributed by atoms with Crippen molar-refractivity contribution in [2.45, 2.75) is 49.7 Å². The Balaban J connectivity index is 2.18. The average molecular weight is 378 g/mol. The molecule has 0 saturated heterocycles. The van der Waals surface area contributed by atoms with Gasteiger partial charge < -0.3 is 5.32 Å². The lowest BCUT2D eigenvalue weighted by Gasteiger charge is -2.33. The fraction of sp³-hybridized carbons (Fsp3) is 0.562. The fourth-order valence-electron chi connectivity index (χ4n) is 3.02. The minimum Gasteiger partial charge on any atom is -0.349 e. The Hall–Kier alpha value is -1.61. The predicted molar refractivity (Wildman–Crippen MR) is 86.6 cm³/mol. The van der Waals surface area contributed by atoms with E-state index in [-0.39, 0.29) is 29.8 Å². The van der Waals surface area contributed by atoms with Gasteiger partial charge in [0.05, 0.1) is 10.8 Å². The number of sulfonamides is 1. The number of hydrogen-bond acceptors (Lipinski definition) is 3. The summed E-state index contributed by atoms with van der Waals surface area (Å²) in [5.74, 6) is -2.27. The first-order valence-corrected chi connectivity index (χ1v) is 9.61. The fourth-order valence-corrected chi connectivity index (χ4v) is 4.11. The molecular formula is C16H21F3N2O3S. The van der Waals surface area contributed by atoms with E-state index in [0.29, 0.717) is 12.8 Å². The normalized spacial score (nSPS) is 21.8. The van der Waals surface area contributed by atoms with Crippen LogP contribution in [0.3, 0.4) is 0 Å². The molecule has 0 aliphatic heterocycles. The first-order valence-electron chi connectivity index (χ1n) is 8.12. The lowest BCUT2D eigenvalue weighted by atomic mass is 9.84. The molecule has 2 rings (SSSR count). The molecule has 0 radical (unpaired) electrons. The first-order chi connectivity index (χ1) is 11.6. The maximum absolute atomic E-state index is 13.1. The Morgan fingerprint density at radius 3 is 2.56 bits per heavy atom. The van der Waals surface area contributed by atoms with Gasteiger partial charge in [0, 0.05) is 18.2 Å². The number of hydrogen-bond donors (Lipinski definition) is 2. The molecule has 0 aromatic heterocycles. The van der Waals surface area contributed by atoms with Crippen molar-refractivity contribution in [1.29, 1.82) is 0 Å². The van der Waals surface area contributed by atoms with Crippen molar-refractivity contribution in [2.24, 2.45) is 5.92 Å². The molecule has 0 heterocycles. The van der Waals surface area contributed by atoms with E-state index in [1.807, 2.05) is 0 Å². The molecule has 1 aromatic carbocycles. The summed E-state index contributed by atoms with van der Waals surface area (Å²) in [6.45, 7) is 1.81. The third kappa shape index (κ3) is 4.94. The van der Waals surface area contributed by atoms with E-state index in [2.05, 4.69) is 10.0 Å². The van der Waals surface area contributed by atoms with Crippen molar-refractivity contribution in [3.05, 3.63) is 29.8 Å². The largest absolute Gasteiger partial charge is 0.393 e. The molecule has 1 saturated carbocycles. The quantitative estimate of drug-likeness (QED) is 0.827. The van der Waals surface area contributed by atoms with Crippen LogP contribution in [0.25, 0.3) is 0 Å². The van der Waals surface area contributed by atoms with Crippen molar-refractivity contribution in [3.8, 4) is 0 Å². The molecule has 1 aliphatic carbocycles. The maximum Gasteiger partial charge on any atom is 0.393 e. The van der Waals surface area contributed by atoms with Gasteiger partial charge in [-0.2, -0.15) is 13.2 Å². The SMILES string of the molecule is CCNS(=O)(=O)c1cccc(C(=O)NC2CCCCC2C(F)(F)F)c1. The van der Waals surface area contributed by atoms with Crippen LogP contribution in [0, 0.1) is 5.92 Å². The zero-order valence-corrected chi connectivity index (χ0v) is 14.6. The van der Waals surface area contributed by atoms with Crippen LogP contribution in [0.5, 0.6) is 0 Å². The van der Waals surface area contributed by atoms with E-state index < -0.39 is 34.1 Å². The second-order valence-corrected chi connectivity index (χ2v) is 7.81. The summed E-state index contributed by atoms with van der Waals surface area (Å²) in [7, 11) is -3.74. The minimum absolute atomic E-state index is 0.0106. The molecule has 2 N–H and O–H groups in total. The summed E-state index contributed by atoms with van der Waals surface area (Å²) >= 11 is 0. The van der Waals surface area contributed by atoms with E-state index in [1.54, 1.807) is 6.92 Å². The molecule has 2 unspecified atom stereocenters. The van der Waals surface area contributed by atoms with E-state index >= 15 is 0 Å². The smallest absolute Gasteiger partial charge is 0.349 e. The number of alkyl halides is 3. The van der Waals surface area contributed by atoms with Crippen molar-refractivity contribution < 1.29 is 26.4 Å². The number of nitrogens with one attached hydrogen (secondary N) is 2. The topological polar surface area (TPSA) is 75.3 Å². The molecule has 5 nitrogen and oxygen atoms in total. The molecule has 2 atom stereocenters. The Morgan fingerprint density at radius 2 is 1.92 bits per heavy atom. The number of amides is 1. The number of benzene rings is 1. The zero-order valence-electron chi connectivity index (χ0n) is 13.8. The highest BCUT2D eigenvalue weighted by Gasteiger charge is 2.46. The molecule has 1 aliphatic rings. The molecule has 9 heteroatoms. The third-order valence-corrected chi connectivity index (χ3v) is 5.79. The Morgan fingerprint density at radius 1 is 1.24 bits per heavy atom. The summed E-state index contributed by atoms with van der Waals surface area (Å²) in [6.07, 6.45) is -3.03. The highest BCUT2D eigenvalue weighted by Crippen LogP contribution is 2.37. The van der Waals surface area contributed by atoms with Gasteiger partial charge in [-0.1, -0.05) is 25.8 Å². The van der Waals surface area contributed by atoms with Crippen LogP contribution in [0.4, 0.5) is 13.2 Å². The Bertz CT molecular complexity index is 720. The number of carbonyl (C=O) groups excluding carboxylic acids is 1. The van der Waals surface area contributed by atoms with Gasteiger partial charge in [-0.15, -0.1) is 0 Å². The van der Waals surface area contributed by atoms with E-state index in [1.165, 1.54) is 24.3 Å². The summed E-state index contributed by atoms with van der Waals surface area (Å²) < 4.78 is 65.6. The van der Waals surface area contributed by atoms with Crippen molar-refractivity contribution in [2.75, 3.05) is 6.54 Å². The molecule has 140 valence electrons. The van der Waals surface area contributed by atoms with E-state index in [0.717, 1.165) is 0 Å². The summed E-state index contributed by atoms with van der Waals surface area (Å²) in [5, 5.41) is 2.43. The molecule has 1 aromatic rings. The van der Waals surface area contributed by atoms with Crippen molar-refractivity contribution in [1.82, 2.24) is 10.0 Å². The van der Waals surface area contributed by atoms with Crippen LogP contribution >= 0.6 is 0 Å². The lowest BCUT2D eigenvalue weighted by Crippen LogP contribution is -2.47.